The minimum absolute atomic E-state index is 0.0270. The number of aromatic nitrogens is 1. The predicted molar refractivity (Wildman–Crippen MR) is 86.7 cm³/mol. The van der Waals surface area contributed by atoms with E-state index < -0.39 is 5.97 Å². The van der Waals surface area contributed by atoms with Crippen LogP contribution in [0.15, 0.2) is 29.6 Å². The molecule has 0 saturated carbocycles. The van der Waals surface area contributed by atoms with Crippen molar-refractivity contribution in [1.82, 2.24) is 9.88 Å². The van der Waals surface area contributed by atoms with Crippen LogP contribution in [0.5, 0.6) is 0 Å². The van der Waals surface area contributed by atoms with E-state index in [0.29, 0.717) is 18.0 Å². The van der Waals surface area contributed by atoms with Gasteiger partial charge in [-0.25, -0.2) is 9.37 Å². The number of rotatable bonds is 5. The molecular weight excluding hydrogens is 339 g/mol. The van der Waals surface area contributed by atoms with E-state index in [-0.39, 0.29) is 24.2 Å². The smallest absolute Gasteiger partial charge is 0.326 e. The summed E-state index contributed by atoms with van der Waals surface area (Å²) in [6.45, 7) is 0.608. The number of esters is 1. The molecule has 0 unspecified atom stereocenters. The summed E-state index contributed by atoms with van der Waals surface area (Å²) in [6.07, 6.45) is 0. The van der Waals surface area contributed by atoms with Gasteiger partial charge in [-0.3, -0.25) is 9.59 Å². The highest BCUT2D eigenvalue weighted by atomic mass is 32.2. The van der Waals surface area contributed by atoms with Crippen molar-refractivity contribution in [2.45, 2.75) is 6.61 Å². The van der Waals surface area contributed by atoms with Crippen LogP contribution in [0.3, 0.4) is 0 Å². The lowest BCUT2D eigenvalue weighted by molar-refractivity contribution is -0.145. The summed E-state index contributed by atoms with van der Waals surface area (Å²) < 4.78 is 18.1. The number of ether oxygens (including phenoxy) is 1. The van der Waals surface area contributed by atoms with E-state index in [0.717, 1.165) is 10.6 Å². The van der Waals surface area contributed by atoms with E-state index in [2.05, 4.69) is 4.98 Å². The van der Waals surface area contributed by atoms with Crippen LogP contribution >= 0.6 is 23.1 Å². The lowest BCUT2D eigenvalue weighted by Gasteiger charge is -2.12. The van der Waals surface area contributed by atoms with Gasteiger partial charge in [-0.2, -0.15) is 0 Å². The lowest BCUT2D eigenvalue weighted by atomic mass is 10.2. The van der Waals surface area contributed by atoms with E-state index in [1.165, 1.54) is 40.1 Å². The van der Waals surface area contributed by atoms with Gasteiger partial charge >= 0.3 is 5.97 Å². The molecule has 1 amide bonds. The first-order chi connectivity index (χ1) is 11.1. The maximum Gasteiger partial charge on any atom is 0.326 e. The summed E-state index contributed by atoms with van der Waals surface area (Å²) in [7, 11) is 0. The highest BCUT2D eigenvalue weighted by Gasteiger charge is 2.23. The minimum Gasteiger partial charge on any atom is -0.458 e. The Balaban J connectivity index is 1.53. The molecule has 1 aromatic heterocycles. The molecule has 8 heteroatoms. The molecule has 1 aliphatic heterocycles. The number of thioether (sulfide) groups is 1. The Kier molecular flexibility index (Phi) is 4.92. The van der Waals surface area contributed by atoms with Gasteiger partial charge in [-0.05, 0) is 24.3 Å². The number of hydrogen-bond acceptors (Lipinski definition) is 6. The fourth-order valence-corrected chi connectivity index (χ4v) is 3.66. The molecule has 0 aliphatic carbocycles. The molecule has 1 fully saturated rings. The van der Waals surface area contributed by atoms with Crippen LogP contribution in [0.1, 0.15) is 5.69 Å². The minimum atomic E-state index is -0.447. The number of amides is 1. The van der Waals surface area contributed by atoms with Crippen LogP contribution in [0.2, 0.25) is 0 Å². The second-order valence-corrected chi connectivity index (χ2v) is 6.75. The Hall–Kier alpha value is -1.93. The van der Waals surface area contributed by atoms with Crippen LogP contribution in [-0.2, 0) is 16.1 Å². The second-order valence-electron chi connectivity index (χ2n) is 4.85. The first-order valence-electron chi connectivity index (χ1n) is 6.89. The molecule has 1 saturated heterocycles. The monoisotopic (exact) mass is 352 g/mol. The summed E-state index contributed by atoms with van der Waals surface area (Å²) in [4.78, 5) is 29.0. The molecule has 0 bridgehead atoms. The quantitative estimate of drug-likeness (QED) is 0.774. The predicted octanol–water partition coefficient (Wildman–Crippen LogP) is 3.16. The average molecular weight is 352 g/mol. The molecule has 0 spiro atoms. The van der Waals surface area contributed by atoms with Gasteiger partial charge in [0.2, 0.25) is 0 Å². The van der Waals surface area contributed by atoms with Crippen molar-refractivity contribution in [3.05, 3.63) is 41.2 Å². The van der Waals surface area contributed by atoms with Gasteiger partial charge in [-0.15, -0.1) is 11.3 Å². The van der Waals surface area contributed by atoms with Gasteiger partial charge in [0, 0.05) is 23.2 Å². The van der Waals surface area contributed by atoms with Crippen molar-refractivity contribution in [2.24, 2.45) is 0 Å². The molecule has 5 nitrogen and oxygen atoms in total. The molecule has 0 atom stereocenters. The molecule has 2 aromatic rings. The summed E-state index contributed by atoms with van der Waals surface area (Å²) in [6, 6.07) is 6.06. The maximum atomic E-state index is 12.9. The number of nitrogens with zero attached hydrogens (tertiary/aromatic N) is 2. The SMILES string of the molecule is O=C(CN1CCSC1=O)OCc1csc(-c2ccc(F)cc2)n1. The topological polar surface area (TPSA) is 59.5 Å². The normalized spacial score (nSPS) is 14.3. The summed E-state index contributed by atoms with van der Waals surface area (Å²) in [5, 5.41) is 2.44. The number of halogens is 1. The zero-order valence-electron chi connectivity index (χ0n) is 12.0. The summed E-state index contributed by atoms with van der Waals surface area (Å²) in [5.74, 6) is -0.0366. The van der Waals surface area contributed by atoms with E-state index in [1.54, 1.807) is 17.5 Å². The summed E-state index contributed by atoms with van der Waals surface area (Å²) in [5.41, 5.74) is 1.44. The molecule has 3 rings (SSSR count). The van der Waals surface area contributed by atoms with Gasteiger partial charge < -0.3 is 9.64 Å². The Morgan fingerprint density at radius 1 is 1.35 bits per heavy atom. The van der Waals surface area contributed by atoms with Crippen LogP contribution in [0, 0.1) is 5.82 Å². The van der Waals surface area contributed by atoms with Gasteiger partial charge in [-0.1, -0.05) is 11.8 Å². The van der Waals surface area contributed by atoms with E-state index in [1.807, 2.05) is 0 Å². The standard InChI is InChI=1S/C15H13FN2O3S2/c16-11-3-1-10(2-4-11)14-17-12(9-23-14)8-21-13(19)7-18-5-6-22-15(18)20/h1-4,9H,5-8H2. The maximum absolute atomic E-state index is 12.9. The highest BCUT2D eigenvalue weighted by Crippen LogP contribution is 2.24. The van der Waals surface area contributed by atoms with Crippen molar-refractivity contribution >= 4 is 34.3 Å². The molecule has 0 radical (unpaired) electrons. The largest absolute Gasteiger partial charge is 0.458 e. The van der Waals surface area contributed by atoms with Crippen LogP contribution < -0.4 is 0 Å². The van der Waals surface area contributed by atoms with E-state index >= 15 is 0 Å². The number of benzene rings is 1. The number of hydrogen-bond donors (Lipinski definition) is 0. The van der Waals surface area contributed by atoms with Crippen molar-refractivity contribution in [3.63, 3.8) is 0 Å². The Bertz CT molecular complexity index is 718. The Morgan fingerprint density at radius 2 is 2.13 bits per heavy atom. The van der Waals surface area contributed by atoms with Crippen LogP contribution in [0.4, 0.5) is 9.18 Å². The summed E-state index contributed by atoms with van der Waals surface area (Å²) >= 11 is 2.61. The second kappa shape index (κ2) is 7.10. The van der Waals surface area contributed by atoms with Gasteiger partial charge in [0.05, 0.1) is 5.69 Å². The van der Waals surface area contributed by atoms with Crippen molar-refractivity contribution in [3.8, 4) is 10.6 Å². The fourth-order valence-electron chi connectivity index (χ4n) is 2.02. The van der Waals surface area contributed by atoms with Crippen LogP contribution in [0.25, 0.3) is 10.6 Å². The van der Waals surface area contributed by atoms with Gasteiger partial charge in [0.25, 0.3) is 5.24 Å². The van der Waals surface area contributed by atoms with Gasteiger partial charge in [0.1, 0.15) is 24.0 Å². The number of carbonyl (C=O) groups excluding carboxylic acids is 2. The Labute approximate surface area is 140 Å². The first-order valence-corrected chi connectivity index (χ1v) is 8.76. The molecule has 2 heterocycles. The van der Waals surface area contributed by atoms with E-state index in [9.17, 15) is 14.0 Å². The van der Waals surface area contributed by atoms with E-state index in [4.69, 9.17) is 4.74 Å². The average Bonchev–Trinajstić information content (AvgIpc) is 3.16. The van der Waals surface area contributed by atoms with Crippen molar-refractivity contribution < 1.29 is 18.7 Å². The highest BCUT2D eigenvalue weighted by molar-refractivity contribution is 8.13. The molecular formula is C15H13FN2O3S2. The third-order valence-corrected chi connectivity index (χ3v) is 5.02. The molecule has 0 N–H and O–H groups in total. The Morgan fingerprint density at radius 3 is 2.83 bits per heavy atom. The number of carbonyl (C=O) groups is 2. The van der Waals surface area contributed by atoms with Crippen molar-refractivity contribution in [1.29, 1.82) is 0 Å². The van der Waals surface area contributed by atoms with Crippen molar-refractivity contribution in [2.75, 3.05) is 18.8 Å². The zero-order chi connectivity index (χ0) is 16.2. The lowest BCUT2D eigenvalue weighted by Crippen LogP contribution is -2.30. The molecule has 23 heavy (non-hydrogen) atoms. The first kappa shape index (κ1) is 15.9. The fraction of sp³-hybridized carbons (Fsp3) is 0.267. The number of thiazole rings is 1. The zero-order valence-corrected chi connectivity index (χ0v) is 13.7. The third-order valence-electron chi connectivity index (χ3n) is 3.19. The van der Waals surface area contributed by atoms with Gasteiger partial charge in [0.15, 0.2) is 0 Å². The van der Waals surface area contributed by atoms with Crippen LogP contribution in [-0.4, -0.2) is 39.9 Å². The molecule has 1 aromatic carbocycles. The molecule has 120 valence electrons. The molecule has 1 aliphatic rings. The third kappa shape index (κ3) is 4.08.